The van der Waals surface area contributed by atoms with E-state index in [2.05, 4.69) is 15.3 Å². The average Bonchev–Trinajstić information content (AvgIpc) is 2.81. The first-order valence-electron chi connectivity index (χ1n) is 5.74. The molecule has 0 saturated carbocycles. The Bertz CT molecular complexity index is 554. The molecule has 2 rings (SSSR count). The quantitative estimate of drug-likeness (QED) is 0.892. The molecule has 1 N–H and O–H groups in total. The van der Waals surface area contributed by atoms with Crippen LogP contribution in [-0.4, -0.2) is 9.97 Å². The summed E-state index contributed by atoms with van der Waals surface area (Å²) in [5.41, 5.74) is 1.36. The summed E-state index contributed by atoms with van der Waals surface area (Å²) in [6.45, 7) is 4.52. The van der Waals surface area contributed by atoms with Gasteiger partial charge in [-0.2, -0.15) is 5.26 Å². The van der Waals surface area contributed by atoms with Crippen molar-refractivity contribution in [1.29, 1.82) is 5.26 Å². The van der Waals surface area contributed by atoms with Crippen LogP contribution in [0.3, 0.4) is 0 Å². The van der Waals surface area contributed by atoms with Gasteiger partial charge in [0.1, 0.15) is 6.07 Å². The Morgan fingerprint density at radius 3 is 2.72 bits per heavy atom. The fraction of sp³-hybridized carbons (Fsp3) is 0.308. The third-order valence-corrected chi connectivity index (χ3v) is 2.45. The fourth-order valence-electron chi connectivity index (χ4n) is 1.46. The van der Waals surface area contributed by atoms with Crippen LogP contribution in [0.5, 0.6) is 0 Å². The minimum Gasteiger partial charge on any atom is -0.424 e. The number of hydrogen-bond acceptors (Lipinski definition) is 5. The summed E-state index contributed by atoms with van der Waals surface area (Å²) >= 11 is 0. The van der Waals surface area contributed by atoms with Gasteiger partial charge >= 0.3 is 0 Å². The molecule has 0 spiro atoms. The summed E-state index contributed by atoms with van der Waals surface area (Å²) in [5, 5.41) is 12.1. The van der Waals surface area contributed by atoms with Gasteiger partial charge in [0.2, 0.25) is 17.5 Å². The van der Waals surface area contributed by atoms with Crippen LogP contribution in [0.4, 0.5) is 5.88 Å². The van der Waals surface area contributed by atoms with Gasteiger partial charge in [0.25, 0.3) is 0 Å². The van der Waals surface area contributed by atoms with Crippen molar-refractivity contribution in [3.05, 3.63) is 41.7 Å². The lowest BCUT2D eigenvalue weighted by atomic mass is 10.2. The highest BCUT2D eigenvalue weighted by molar-refractivity contribution is 5.45. The number of oxazole rings is 1. The normalized spacial score (nSPS) is 10.3. The number of nitrogens with zero attached hydrogens (tertiary/aromatic N) is 3. The molecular weight excluding hydrogens is 228 g/mol. The Kier molecular flexibility index (Phi) is 3.58. The van der Waals surface area contributed by atoms with Gasteiger partial charge in [0.15, 0.2) is 0 Å². The zero-order valence-electron chi connectivity index (χ0n) is 10.3. The molecule has 0 saturated heterocycles. The lowest BCUT2D eigenvalue weighted by Crippen LogP contribution is -1.99. The van der Waals surface area contributed by atoms with Crippen LogP contribution in [0.1, 0.15) is 36.9 Å². The van der Waals surface area contributed by atoms with Crippen molar-refractivity contribution in [2.75, 3.05) is 5.32 Å². The van der Waals surface area contributed by atoms with Gasteiger partial charge in [-0.1, -0.05) is 13.8 Å². The first-order valence-corrected chi connectivity index (χ1v) is 5.74. The van der Waals surface area contributed by atoms with E-state index in [4.69, 9.17) is 9.68 Å². The van der Waals surface area contributed by atoms with E-state index in [0.29, 0.717) is 24.0 Å². The summed E-state index contributed by atoms with van der Waals surface area (Å²) in [5.74, 6) is 1.16. The van der Waals surface area contributed by atoms with Gasteiger partial charge in [-0.15, -0.1) is 0 Å². The van der Waals surface area contributed by atoms with Crippen molar-refractivity contribution in [3.63, 3.8) is 0 Å². The summed E-state index contributed by atoms with van der Waals surface area (Å²) < 4.78 is 5.53. The molecular formula is C13H14N4O. The van der Waals surface area contributed by atoms with Crippen molar-refractivity contribution in [2.45, 2.75) is 26.3 Å². The van der Waals surface area contributed by atoms with Crippen molar-refractivity contribution in [3.8, 4) is 6.07 Å². The highest BCUT2D eigenvalue weighted by Gasteiger charge is 2.14. The molecule has 2 aromatic rings. The molecule has 0 unspecified atom stereocenters. The van der Waals surface area contributed by atoms with Crippen molar-refractivity contribution in [2.24, 2.45) is 0 Å². The predicted octanol–water partition coefficient (Wildman–Crippen LogP) is 2.68. The van der Waals surface area contributed by atoms with Gasteiger partial charge in [-0.05, 0) is 17.7 Å². The number of nitrogens with one attached hydrogen (secondary N) is 1. The summed E-state index contributed by atoms with van der Waals surface area (Å²) in [6, 6.07) is 5.83. The summed E-state index contributed by atoms with van der Waals surface area (Å²) in [7, 11) is 0. The first kappa shape index (κ1) is 12.1. The lowest BCUT2D eigenvalue weighted by Gasteiger charge is -2.02. The number of anilines is 1. The smallest absolute Gasteiger partial charge is 0.232 e. The van der Waals surface area contributed by atoms with Crippen molar-refractivity contribution >= 4 is 5.88 Å². The van der Waals surface area contributed by atoms with Crippen LogP contribution in [0.25, 0.3) is 0 Å². The Morgan fingerprint density at radius 2 is 2.11 bits per heavy atom. The van der Waals surface area contributed by atoms with Crippen LogP contribution in [0, 0.1) is 11.3 Å². The van der Waals surface area contributed by atoms with E-state index in [0.717, 1.165) is 5.56 Å². The van der Waals surface area contributed by atoms with Crippen molar-refractivity contribution in [1.82, 2.24) is 9.97 Å². The van der Waals surface area contributed by atoms with E-state index in [9.17, 15) is 0 Å². The van der Waals surface area contributed by atoms with Gasteiger partial charge in [0, 0.05) is 24.9 Å². The molecule has 2 heterocycles. The maximum atomic E-state index is 8.99. The third kappa shape index (κ3) is 2.66. The average molecular weight is 242 g/mol. The molecule has 0 aliphatic carbocycles. The van der Waals surface area contributed by atoms with Gasteiger partial charge in [0.05, 0.1) is 0 Å². The maximum Gasteiger partial charge on any atom is 0.232 e. The summed E-state index contributed by atoms with van der Waals surface area (Å²) in [4.78, 5) is 8.08. The highest BCUT2D eigenvalue weighted by Crippen LogP contribution is 2.22. The third-order valence-electron chi connectivity index (χ3n) is 2.45. The molecule has 92 valence electrons. The van der Waals surface area contributed by atoms with Crippen molar-refractivity contribution < 1.29 is 4.42 Å². The number of hydrogen-bond donors (Lipinski definition) is 1. The van der Waals surface area contributed by atoms with E-state index in [1.54, 1.807) is 12.4 Å². The molecule has 18 heavy (non-hydrogen) atoms. The molecule has 0 aromatic carbocycles. The molecule has 0 bridgehead atoms. The Morgan fingerprint density at radius 1 is 1.39 bits per heavy atom. The minimum absolute atomic E-state index is 0.161. The number of pyridine rings is 1. The molecule has 2 aromatic heterocycles. The van der Waals surface area contributed by atoms with E-state index < -0.39 is 0 Å². The second kappa shape index (κ2) is 5.32. The molecule has 0 aliphatic heterocycles. The number of rotatable bonds is 4. The largest absolute Gasteiger partial charge is 0.424 e. The Labute approximate surface area is 105 Å². The standard InChI is InChI=1S/C13H14N4O/c1-9(2)12-17-11(7-14)13(18-12)16-8-10-3-5-15-6-4-10/h3-6,9,16H,8H2,1-2H3. The van der Waals surface area contributed by atoms with E-state index >= 15 is 0 Å². The zero-order valence-corrected chi connectivity index (χ0v) is 10.3. The SMILES string of the molecule is CC(C)c1nc(C#N)c(NCc2ccncc2)o1. The van der Waals surface area contributed by atoms with E-state index in [1.165, 1.54) is 0 Å². The van der Waals surface area contributed by atoms with Gasteiger partial charge < -0.3 is 9.73 Å². The minimum atomic E-state index is 0.161. The van der Waals surface area contributed by atoms with Crippen LogP contribution < -0.4 is 5.32 Å². The monoisotopic (exact) mass is 242 g/mol. The Hall–Kier alpha value is -2.35. The highest BCUT2D eigenvalue weighted by atomic mass is 16.4. The van der Waals surface area contributed by atoms with Gasteiger partial charge in [-0.25, -0.2) is 4.98 Å². The number of aromatic nitrogens is 2. The molecule has 0 atom stereocenters. The molecule has 5 nitrogen and oxygen atoms in total. The van der Waals surface area contributed by atoms with Crippen LogP contribution in [0.15, 0.2) is 28.9 Å². The molecule has 5 heteroatoms. The molecule has 0 amide bonds. The van der Waals surface area contributed by atoms with Gasteiger partial charge in [-0.3, -0.25) is 4.98 Å². The number of nitriles is 1. The van der Waals surface area contributed by atoms with Crippen LogP contribution in [-0.2, 0) is 6.54 Å². The van der Waals surface area contributed by atoms with Crippen LogP contribution in [0.2, 0.25) is 0 Å². The van der Waals surface area contributed by atoms with Crippen LogP contribution >= 0.6 is 0 Å². The molecule has 0 radical (unpaired) electrons. The molecule has 0 fully saturated rings. The molecule has 0 aliphatic rings. The summed E-state index contributed by atoms with van der Waals surface area (Å²) in [6.07, 6.45) is 3.45. The first-order chi connectivity index (χ1) is 8.70. The fourth-order valence-corrected chi connectivity index (χ4v) is 1.46. The predicted molar refractivity (Wildman–Crippen MR) is 66.9 cm³/mol. The van der Waals surface area contributed by atoms with E-state index in [1.807, 2.05) is 32.0 Å². The maximum absolute atomic E-state index is 8.99. The van der Waals surface area contributed by atoms with E-state index in [-0.39, 0.29) is 5.92 Å². The zero-order chi connectivity index (χ0) is 13.0. The Balaban J connectivity index is 2.12. The second-order valence-electron chi connectivity index (χ2n) is 4.21. The lowest BCUT2D eigenvalue weighted by molar-refractivity contribution is 0.480. The topological polar surface area (TPSA) is 74.7 Å². The second-order valence-corrected chi connectivity index (χ2v) is 4.21.